The highest BCUT2D eigenvalue weighted by molar-refractivity contribution is 8.32. The fraction of sp³-hybridized carbons (Fsp3) is 0.483. The van der Waals surface area contributed by atoms with Crippen LogP contribution in [0, 0.1) is 6.92 Å². The molecule has 1 N–H and O–H groups in total. The first-order valence-corrected chi connectivity index (χ1v) is 15.8. The Kier molecular flexibility index (Phi) is 9.90. The summed E-state index contributed by atoms with van der Waals surface area (Å²) in [6, 6.07) is 8.31. The molecule has 0 unspecified atom stereocenters. The van der Waals surface area contributed by atoms with Crippen LogP contribution in [0.3, 0.4) is 0 Å². The average molecular weight is 560 g/mol. The number of rotatable bonds is 11. The van der Waals surface area contributed by atoms with Crippen molar-refractivity contribution in [1.29, 1.82) is 0 Å². The quantitative estimate of drug-likeness (QED) is 0.247. The summed E-state index contributed by atoms with van der Waals surface area (Å²) in [4.78, 5) is 29.1. The molecule has 0 saturated carbocycles. The van der Waals surface area contributed by atoms with Crippen LogP contribution in [-0.2, 0) is 32.2 Å². The summed E-state index contributed by atoms with van der Waals surface area (Å²) in [5.74, 6) is 1.84. The second-order valence-electron chi connectivity index (χ2n) is 11.3. The number of methoxy groups -OCH3 is 1. The SMILES string of the molecule is COC(=O)[C@H](Cc1ccc(Oc2ccnc3c2c(C)cn3COCCS(C)(C)C)cc1)NC(=O)OC(C)(C)C. The van der Waals surface area contributed by atoms with Crippen LogP contribution < -0.4 is 10.1 Å². The third-order valence-electron chi connectivity index (χ3n) is 5.75. The Morgan fingerprint density at radius 3 is 2.41 bits per heavy atom. The fourth-order valence-corrected chi connectivity index (χ4v) is 4.50. The van der Waals surface area contributed by atoms with Crippen LogP contribution in [0.25, 0.3) is 11.0 Å². The molecule has 2 heterocycles. The van der Waals surface area contributed by atoms with E-state index in [-0.39, 0.29) is 6.42 Å². The van der Waals surface area contributed by atoms with Crippen molar-refractivity contribution in [2.24, 2.45) is 0 Å². The van der Waals surface area contributed by atoms with E-state index in [4.69, 9.17) is 18.9 Å². The van der Waals surface area contributed by atoms with E-state index in [1.165, 1.54) is 7.11 Å². The van der Waals surface area contributed by atoms with Gasteiger partial charge in [0.25, 0.3) is 0 Å². The van der Waals surface area contributed by atoms with Gasteiger partial charge in [-0.05, 0) is 75.8 Å². The zero-order valence-electron chi connectivity index (χ0n) is 24.2. The second-order valence-corrected chi connectivity index (χ2v) is 15.9. The van der Waals surface area contributed by atoms with E-state index in [0.29, 0.717) is 24.8 Å². The number of nitrogens with one attached hydrogen (secondary N) is 1. The van der Waals surface area contributed by atoms with E-state index < -0.39 is 33.7 Å². The highest BCUT2D eigenvalue weighted by atomic mass is 32.3. The van der Waals surface area contributed by atoms with Crippen molar-refractivity contribution < 1.29 is 28.5 Å². The van der Waals surface area contributed by atoms with Crippen LogP contribution in [0.1, 0.15) is 31.9 Å². The maximum absolute atomic E-state index is 12.3. The minimum Gasteiger partial charge on any atom is -0.467 e. The number of benzene rings is 1. The smallest absolute Gasteiger partial charge is 0.408 e. The van der Waals surface area contributed by atoms with Crippen molar-refractivity contribution in [3.8, 4) is 11.5 Å². The van der Waals surface area contributed by atoms with Gasteiger partial charge in [0, 0.05) is 24.6 Å². The number of ether oxygens (including phenoxy) is 4. The lowest BCUT2D eigenvalue weighted by molar-refractivity contribution is -0.143. The van der Waals surface area contributed by atoms with Crippen LogP contribution in [0.2, 0.25) is 0 Å². The van der Waals surface area contributed by atoms with E-state index >= 15 is 0 Å². The molecule has 214 valence electrons. The Labute approximate surface area is 232 Å². The van der Waals surface area contributed by atoms with E-state index in [1.807, 2.05) is 48.0 Å². The summed E-state index contributed by atoms with van der Waals surface area (Å²) in [5, 5.41) is 3.53. The first-order chi connectivity index (χ1) is 18.3. The third kappa shape index (κ3) is 9.18. The molecule has 0 spiro atoms. The van der Waals surface area contributed by atoms with Crippen molar-refractivity contribution in [2.75, 3.05) is 38.2 Å². The maximum atomic E-state index is 12.3. The van der Waals surface area contributed by atoms with Crippen LogP contribution in [0.4, 0.5) is 4.79 Å². The van der Waals surface area contributed by atoms with E-state index in [9.17, 15) is 9.59 Å². The Bertz CT molecular complexity index is 1280. The molecule has 3 rings (SSSR count). The highest BCUT2D eigenvalue weighted by Gasteiger charge is 2.25. The summed E-state index contributed by atoms with van der Waals surface area (Å²) < 4.78 is 24.3. The molecule has 3 aromatic rings. The first kappa shape index (κ1) is 30.3. The molecule has 1 atom stereocenters. The lowest BCUT2D eigenvalue weighted by atomic mass is 10.1. The summed E-state index contributed by atoms with van der Waals surface area (Å²) in [6.45, 7) is 8.45. The van der Waals surface area contributed by atoms with Gasteiger partial charge in [0.05, 0.1) is 19.1 Å². The molecule has 10 heteroatoms. The number of carbonyl (C=O) groups excluding carboxylic acids is 2. The molecule has 0 aliphatic heterocycles. The van der Waals surface area contributed by atoms with Gasteiger partial charge in [-0.15, -0.1) is 0 Å². The summed E-state index contributed by atoms with van der Waals surface area (Å²) in [5.41, 5.74) is 2.00. The number of nitrogens with zero attached hydrogens (tertiary/aromatic N) is 2. The van der Waals surface area contributed by atoms with Crippen molar-refractivity contribution in [2.45, 2.75) is 52.5 Å². The Morgan fingerprint density at radius 2 is 1.79 bits per heavy atom. The molecule has 0 aliphatic rings. The molecule has 0 saturated heterocycles. The van der Waals surface area contributed by atoms with Crippen LogP contribution in [0.15, 0.2) is 42.7 Å². The van der Waals surface area contributed by atoms with Crippen molar-refractivity contribution in [3.63, 3.8) is 0 Å². The predicted octanol–water partition coefficient (Wildman–Crippen LogP) is 5.41. The lowest BCUT2D eigenvalue weighted by Gasteiger charge is -2.24. The Morgan fingerprint density at radius 1 is 1.10 bits per heavy atom. The molecule has 0 fully saturated rings. The topological polar surface area (TPSA) is 101 Å². The summed E-state index contributed by atoms with van der Waals surface area (Å²) in [6.07, 6.45) is 10.2. The number of hydrogen-bond acceptors (Lipinski definition) is 7. The number of aryl methyl sites for hydroxylation is 1. The fourth-order valence-electron chi connectivity index (χ4n) is 3.88. The van der Waals surface area contributed by atoms with Gasteiger partial charge in [-0.25, -0.2) is 24.6 Å². The first-order valence-electron chi connectivity index (χ1n) is 12.8. The van der Waals surface area contributed by atoms with Gasteiger partial charge in [0.1, 0.15) is 35.5 Å². The molecule has 0 radical (unpaired) electrons. The van der Waals surface area contributed by atoms with E-state index in [2.05, 4.69) is 29.1 Å². The average Bonchev–Trinajstić information content (AvgIpc) is 3.16. The summed E-state index contributed by atoms with van der Waals surface area (Å²) >= 11 is 0. The van der Waals surface area contributed by atoms with Crippen LogP contribution >= 0.6 is 10.0 Å². The number of hydrogen-bond donors (Lipinski definition) is 1. The van der Waals surface area contributed by atoms with Crippen molar-refractivity contribution >= 4 is 33.1 Å². The third-order valence-corrected chi connectivity index (χ3v) is 7.14. The predicted molar refractivity (Wildman–Crippen MR) is 156 cm³/mol. The Hall–Kier alpha value is -3.24. The molecule has 2 aromatic heterocycles. The minimum absolute atomic E-state index is 0.240. The van der Waals surface area contributed by atoms with Gasteiger partial charge < -0.3 is 28.8 Å². The Balaban J connectivity index is 1.70. The monoisotopic (exact) mass is 559 g/mol. The zero-order valence-corrected chi connectivity index (χ0v) is 25.0. The van der Waals surface area contributed by atoms with Gasteiger partial charge in [0.15, 0.2) is 0 Å². The number of aromatic nitrogens is 2. The van der Waals surface area contributed by atoms with Crippen molar-refractivity contribution in [3.05, 3.63) is 53.9 Å². The van der Waals surface area contributed by atoms with Crippen LogP contribution in [-0.4, -0.2) is 71.5 Å². The normalized spacial score (nSPS) is 13.1. The molecule has 9 nitrogen and oxygen atoms in total. The largest absolute Gasteiger partial charge is 0.467 e. The number of fused-ring (bicyclic) bond motifs is 1. The molecular weight excluding hydrogens is 518 g/mol. The standard InChI is InChI=1S/C29H41N3O6S/c1-20-18-32(19-36-15-16-39(6,7)8)26-25(20)24(13-14-30-26)37-22-11-9-21(10-12-22)17-23(27(33)35-5)31-28(34)38-29(2,3)4/h9-14,18,23H,15-17,19H2,1-8H3,(H,31,34)/t23-/m0/s1. The molecule has 0 aliphatic carbocycles. The van der Waals surface area contributed by atoms with Gasteiger partial charge >= 0.3 is 12.1 Å². The van der Waals surface area contributed by atoms with Gasteiger partial charge in [0.2, 0.25) is 0 Å². The maximum Gasteiger partial charge on any atom is 0.408 e. The van der Waals surface area contributed by atoms with Gasteiger partial charge in [-0.1, -0.05) is 12.1 Å². The number of esters is 1. The van der Waals surface area contributed by atoms with Crippen LogP contribution in [0.5, 0.6) is 11.5 Å². The summed E-state index contributed by atoms with van der Waals surface area (Å²) in [7, 11) is 0.683. The number of pyridine rings is 1. The lowest BCUT2D eigenvalue weighted by Crippen LogP contribution is -2.45. The molecule has 1 aromatic carbocycles. The molecule has 0 bridgehead atoms. The molecular formula is C29H41N3O6S. The minimum atomic E-state index is -0.883. The number of carbonyl (C=O) groups is 2. The molecule has 1 amide bonds. The number of amides is 1. The van der Waals surface area contributed by atoms with Gasteiger partial charge in [-0.3, -0.25) is 0 Å². The number of alkyl carbamates (subject to hydrolysis) is 1. The van der Waals surface area contributed by atoms with E-state index in [1.54, 1.807) is 27.0 Å². The zero-order chi connectivity index (χ0) is 28.8. The highest BCUT2D eigenvalue weighted by Crippen LogP contribution is 2.34. The van der Waals surface area contributed by atoms with Crippen molar-refractivity contribution in [1.82, 2.24) is 14.9 Å². The van der Waals surface area contributed by atoms with E-state index in [0.717, 1.165) is 27.9 Å². The second kappa shape index (κ2) is 12.7. The molecule has 39 heavy (non-hydrogen) atoms. The van der Waals surface area contributed by atoms with Gasteiger partial charge in [-0.2, -0.15) is 0 Å².